The second-order valence-electron chi connectivity index (χ2n) is 5.97. The third kappa shape index (κ3) is 3.62. The summed E-state index contributed by atoms with van der Waals surface area (Å²) in [5, 5.41) is 2.50. The van der Waals surface area contributed by atoms with Crippen molar-refractivity contribution in [2.24, 2.45) is 0 Å². The number of carbonyl (C=O) groups excluding carboxylic acids is 2. The molecule has 2 aromatic carbocycles. The zero-order valence-electron chi connectivity index (χ0n) is 13.8. The Balaban J connectivity index is 1.64. The first-order valence-corrected chi connectivity index (χ1v) is 8.77. The number of hydrogen-bond donors (Lipinski definition) is 1. The second kappa shape index (κ2) is 7.09. The normalized spacial score (nSPS) is 16.2. The van der Waals surface area contributed by atoms with Gasteiger partial charge in [-0.1, -0.05) is 36.4 Å². The van der Waals surface area contributed by atoms with Gasteiger partial charge in [0.15, 0.2) is 0 Å². The summed E-state index contributed by atoms with van der Waals surface area (Å²) in [5.41, 5.74) is 3.11. The molecule has 124 valence electrons. The molecule has 1 aliphatic rings. The molecule has 1 heterocycles. The van der Waals surface area contributed by atoms with Crippen LogP contribution in [0.1, 0.15) is 17.5 Å². The van der Waals surface area contributed by atoms with Crippen molar-refractivity contribution in [1.29, 1.82) is 0 Å². The summed E-state index contributed by atoms with van der Waals surface area (Å²) in [7, 11) is 1.79. The molecule has 0 spiro atoms. The Labute approximate surface area is 146 Å². The summed E-state index contributed by atoms with van der Waals surface area (Å²) >= 11 is 1.46. The lowest BCUT2D eigenvalue weighted by Gasteiger charge is -2.25. The molecule has 0 saturated carbocycles. The highest BCUT2D eigenvalue weighted by molar-refractivity contribution is 8.01. The van der Waals surface area contributed by atoms with Gasteiger partial charge < -0.3 is 10.2 Å². The van der Waals surface area contributed by atoms with Gasteiger partial charge in [0.05, 0.1) is 10.9 Å². The van der Waals surface area contributed by atoms with Crippen molar-refractivity contribution in [3.8, 4) is 0 Å². The van der Waals surface area contributed by atoms with E-state index in [1.54, 1.807) is 11.9 Å². The maximum absolute atomic E-state index is 12.5. The van der Waals surface area contributed by atoms with Crippen LogP contribution in [0.2, 0.25) is 0 Å². The van der Waals surface area contributed by atoms with E-state index in [1.165, 1.54) is 11.8 Å². The number of nitrogens with zero attached hydrogens (tertiary/aromatic N) is 1. The van der Waals surface area contributed by atoms with Gasteiger partial charge in [-0.25, -0.2) is 0 Å². The van der Waals surface area contributed by atoms with Crippen LogP contribution in [0.4, 0.5) is 5.69 Å². The zero-order chi connectivity index (χ0) is 17.1. The van der Waals surface area contributed by atoms with Crippen LogP contribution in [-0.4, -0.2) is 29.0 Å². The minimum Gasteiger partial charge on any atom is -0.341 e. The fourth-order valence-electron chi connectivity index (χ4n) is 2.67. The summed E-state index contributed by atoms with van der Waals surface area (Å²) in [6.07, 6.45) is 0.202. The molecule has 2 amide bonds. The lowest BCUT2D eigenvalue weighted by atomic mass is 10.1. The van der Waals surface area contributed by atoms with Crippen molar-refractivity contribution >= 4 is 29.3 Å². The number of anilines is 1. The Hall–Kier alpha value is -2.27. The molecule has 2 aromatic rings. The first kappa shape index (κ1) is 16.6. The molecule has 4 nitrogen and oxygen atoms in total. The van der Waals surface area contributed by atoms with Gasteiger partial charge in [-0.15, -0.1) is 11.8 Å². The molecule has 0 aromatic heterocycles. The molecule has 1 N–H and O–H groups in total. The van der Waals surface area contributed by atoms with Gasteiger partial charge >= 0.3 is 0 Å². The predicted octanol–water partition coefficient (Wildman–Crippen LogP) is 3.46. The highest BCUT2D eigenvalue weighted by Gasteiger charge is 2.29. The van der Waals surface area contributed by atoms with Crippen LogP contribution in [0.15, 0.2) is 53.4 Å². The smallest absolute Gasteiger partial charge is 0.238 e. The average molecular weight is 340 g/mol. The Kier molecular flexibility index (Phi) is 4.90. The molecule has 0 radical (unpaired) electrons. The van der Waals surface area contributed by atoms with Crippen molar-refractivity contribution in [1.82, 2.24) is 4.90 Å². The van der Waals surface area contributed by atoms with Gasteiger partial charge in [-0.2, -0.15) is 0 Å². The summed E-state index contributed by atoms with van der Waals surface area (Å²) in [5.74, 6) is -0.123. The van der Waals surface area contributed by atoms with Gasteiger partial charge in [0.2, 0.25) is 11.8 Å². The van der Waals surface area contributed by atoms with Crippen LogP contribution < -0.4 is 5.32 Å². The number of benzene rings is 2. The SMILES string of the molecule is Cc1ccccc1CN(C)C(=O)CC1Sc2ccccc2NC1=O. The number of hydrogen-bond acceptors (Lipinski definition) is 3. The van der Waals surface area contributed by atoms with E-state index < -0.39 is 0 Å². The number of rotatable bonds is 4. The molecular formula is C19H20N2O2S. The Bertz CT molecular complexity index is 775. The molecule has 0 bridgehead atoms. The van der Waals surface area contributed by atoms with Gasteiger partial charge in [-0.3, -0.25) is 9.59 Å². The van der Waals surface area contributed by atoms with Crippen LogP contribution in [0.3, 0.4) is 0 Å². The molecule has 1 unspecified atom stereocenters. The van der Waals surface area contributed by atoms with E-state index >= 15 is 0 Å². The number of para-hydroxylation sites is 1. The fraction of sp³-hybridized carbons (Fsp3) is 0.263. The molecule has 5 heteroatoms. The highest BCUT2D eigenvalue weighted by atomic mass is 32.2. The monoisotopic (exact) mass is 340 g/mol. The van der Waals surface area contributed by atoms with Gasteiger partial charge in [0.25, 0.3) is 0 Å². The van der Waals surface area contributed by atoms with Crippen molar-refractivity contribution in [3.63, 3.8) is 0 Å². The third-order valence-electron chi connectivity index (χ3n) is 4.16. The summed E-state index contributed by atoms with van der Waals surface area (Å²) in [4.78, 5) is 27.4. The van der Waals surface area contributed by atoms with Gasteiger partial charge in [0, 0.05) is 24.9 Å². The van der Waals surface area contributed by atoms with Gasteiger partial charge in [0.1, 0.15) is 0 Å². The first-order chi connectivity index (χ1) is 11.5. The summed E-state index contributed by atoms with van der Waals surface area (Å²) < 4.78 is 0. The van der Waals surface area contributed by atoms with Crippen LogP contribution >= 0.6 is 11.8 Å². The van der Waals surface area contributed by atoms with Gasteiger partial charge in [-0.05, 0) is 30.2 Å². The minimum absolute atomic E-state index is 0.0229. The minimum atomic E-state index is -0.383. The Morgan fingerprint density at radius 3 is 2.67 bits per heavy atom. The molecule has 1 aliphatic heterocycles. The molecule has 1 atom stereocenters. The number of thioether (sulfide) groups is 1. The van der Waals surface area contributed by atoms with E-state index in [0.29, 0.717) is 6.54 Å². The maximum atomic E-state index is 12.5. The maximum Gasteiger partial charge on any atom is 0.238 e. The number of amides is 2. The molecular weight excluding hydrogens is 320 g/mol. The third-order valence-corrected chi connectivity index (χ3v) is 5.44. The quantitative estimate of drug-likeness (QED) is 0.927. The first-order valence-electron chi connectivity index (χ1n) is 7.89. The van der Waals surface area contributed by atoms with Crippen molar-refractivity contribution in [2.45, 2.75) is 30.0 Å². The molecule has 24 heavy (non-hydrogen) atoms. The van der Waals surface area contributed by atoms with Crippen molar-refractivity contribution in [3.05, 3.63) is 59.7 Å². The largest absolute Gasteiger partial charge is 0.341 e. The van der Waals surface area contributed by atoms with E-state index in [2.05, 4.69) is 5.32 Å². The molecule has 0 saturated heterocycles. The van der Waals surface area contributed by atoms with Crippen molar-refractivity contribution in [2.75, 3.05) is 12.4 Å². The van der Waals surface area contributed by atoms with Crippen LogP contribution in [-0.2, 0) is 16.1 Å². The standard InChI is InChI=1S/C19H20N2O2S/c1-13-7-3-4-8-14(13)12-21(2)18(22)11-17-19(23)20-15-9-5-6-10-16(15)24-17/h3-10,17H,11-12H2,1-2H3,(H,20,23). The number of carbonyl (C=O) groups is 2. The lowest BCUT2D eigenvalue weighted by molar-refractivity contribution is -0.131. The average Bonchev–Trinajstić information content (AvgIpc) is 2.57. The van der Waals surface area contributed by atoms with Crippen LogP contribution in [0, 0.1) is 6.92 Å². The fourth-order valence-corrected chi connectivity index (χ4v) is 3.77. The predicted molar refractivity (Wildman–Crippen MR) is 97.0 cm³/mol. The van der Waals surface area contributed by atoms with E-state index in [9.17, 15) is 9.59 Å². The van der Waals surface area contributed by atoms with Crippen molar-refractivity contribution < 1.29 is 9.59 Å². The number of fused-ring (bicyclic) bond motifs is 1. The highest BCUT2D eigenvalue weighted by Crippen LogP contribution is 2.36. The Morgan fingerprint density at radius 2 is 1.88 bits per heavy atom. The lowest BCUT2D eigenvalue weighted by Crippen LogP contribution is -2.35. The zero-order valence-corrected chi connectivity index (χ0v) is 14.6. The van der Waals surface area contributed by atoms with Crippen LogP contribution in [0.25, 0.3) is 0 Å². The van der Waals surface area contributed by atoms with Crippen LogP contribution in [0.5, 0.6) is 0 Å². The summed E-state index contributed by atoms with van der Waals surface area (Å²) in [6, 6.07) is 15.7. The molecule has 0 aliphatic carbocycles. The van der Waals surface area contributed by atoms with E-state index in [0.717, 1.165) is 21.7 Å². The molecule has 0 fully saturated rings. The Morgan fingerprint density at radius 1 is 1.17 bits per heavy atom. The number of aryl methyl sites for hydroxylation is 1. The van der Waals surface area contributed by atoms with E-state index in [1.807, 2.05) is 55.5 Å². The number of nitrogens with one attached hydrogen (secondary N) is 1. The summed E-state index contributed by atoms with van der Waals surface area (Å²) in [6.45, 7) is 2.59. The topological polar surface area (TPSA) is 49.4 Å². The second-order valence-corrected chi connectivity index (χ2v) is 7.22. The molecule has 3 rings (SSSR count). The van der Waals surface area contributed by atoms with E-state index in [-0.39, 0.29) is 23.5 Å². The van der Waals surface area contributed by atoms with E-state index in [4.69, 9.17) is 0 Å².